The van der Waals surface area contributed by atoms with Gasteiger partial charge in [0.2, 0.25) is 0 Å². The fourth-order valence-electron chi connectivity index (χ4n) is 2.09. The van der Waals surface area contributed by atoms with Gasteiger partial charge in [-0.2, -0.15) is 11.8 Å². The molecule has 0 N–H and O–H groups in total. The molecule has 1 saturated heterocycles. The third-order valence-electron chi connectivity index (χ3n) is 3.06. The molecule has 0 aromatic carbocycles. The van der Waals surface area contributed by atoms with Gasteiger partial charge in [0.05, 0.1) is 5.25 Å². The van der Waals surface area contributed by atoms with E-state index in [4.69, 9.17) is 0 Å². The van der Waals surface area contributed by atoms with Gasteiger partial charge in [-0.3, -0.25) is 4.79 Å². The monoisotopic (exact) mass is 184 g/mol. The number of Topliss-reactive ketones (excluding diaryl/α,β-unsaturated/α-hetero) is 1. The lowest BCUT2D eigenvalue weighted by molar-refractivity contribution is -0.120. The van der Waals surface area contributed by atoms with Crippen molar-refractivity contribution >= 4 is 17.5 Å². The lowest BCUT2D eigenvalue weighted by atomic mass is 10.1. The maximum atomic E-state index is 11.8. The van der Waals surface area contributed by atoms with Gasteiger partial charge in [-0.15, -0.1) is 0 Å². The summed E-state index contributed by atoms with van der Waals surface area (Å²) in [6.45, 7) is 2.19. The Morgan fingerprint density at radius 1 is 1.58 bits per heavy atom. The Kier molecular flexibility index (Phi) is 2.44. The van der Waals surface area contributed by atoms with Crippen LogP contribution < -0.4 is 0 Å². The second-order valence-electron chi connectivity index (χ2n) is 3.91. The first kappa shape index (κ1) is 8.61. The van der Waals surface area contributed by atoms with Gasteiger partial charge in [-0.25, -0.2) is 0 Å². The summed E-state index contributed by atoms with van der Waals surface area (Å²) in [4.78, 5) is 11.8. The first-order chi connectivity index (χ1) is 5.83. The summed E-state index contributed by atoms with van der Waals surface area (Å²) in [7, 11) is 0. The van der Waals surface area contributed by atoms with Gasteiger partial charge in [0.25, 0.3) is 0 Å². The summed E-state index contributed by atoms with van der Waals surface area (Å²) in [5.74, 6) is 2.99. The molecule has 12 heavy (non-hydrogen) atoms. The Morgan fingerprint density at radius 2 is 2.42 bits per heavy atom. The smallest absolute Gasteiger partial charge is 0.149 e. The van der Waals surface area contributed by atoms with E-state index in [0.29, 0.717) is 17.0 Å². The highest BCUT2D eigenvalue weighted by Crippen LogP contribution is 2.45. The minimum Gasteiger partial charge on any atom is -0.298 e. The second kappa shape index (κ2) is 3.41. The van der Waals surface area contributed by atoms with Gasteiger partial charge in [-0.05, 0) is 30.9 Å². The fourth-order valence-corrected chi connectivity index (χ4v) is 3.38. The van der Waals surface area contributed by atoms with Gasteiger partial charge < -0.3 is 0 Å². The van der Waals surface area contributed by atoms with Crippen LogP contribution in [0.5, 0.6) is 0 Å². The third kappa shape index (κ3) is 1.54. The van der Waals surface area contributed by atoms with Crippen molar-refractivity contribution in [3.8, 4) is 0 Å². The molecule has 0 aromatic rings. The predicted molar refractivity (Wildman–Crippen MR) is 52.4 cm³/mol. The molecule has 1 heterocycles. The zero-order chi connectivity index (χ0) is 8.55. The molecule has 3 atom stereocenters. The second-order valence-corrected chi connectivity index (χ2v) is 5.23. The molecule has 0 amide bonds. The van der Waals surface area contributed by atoms with E-state index < -0.39 is 0 Å². The third-order valence-corrected chi connectivity index (χ3v) is 4.45. The normalized spacial score (nSPS) is 39.9. The molecule has 0 bridgehead atoms. The molecule has 68 valence electrons. The molecule has 1 aliphatic heterocycles. The summed E-state index contributed by atoms with van der Waals surface area (Å²) in [5.41, 5.74) is 0. The van der Waals surface area contributed by atoms with Crippen LogP contribution in [0.1, 0.15) is 32.6 Å². The number of thioether (sulfide) groups is 1. The maximum absolute atomic E-state index is 11.8. The molecule has 2 aliphatic rings. The van der Waals surface area contributed by atoms with E-state index in [2.05, 4.69) is 6.92 Å². The zero-order valence-corrected chi connectivity index (χ0v) is 8.40. The lowest BCUT2D eigenvalue weighted by Gasteiger charge is -2.05. The number of carbonyl (C=O) groups excluding carboxylic acids is 1. The van der Waals surface area contributed by atoms with E-state index in [-0.39, 0.29) is 0 Å². The van der Waals surface area contributed by atoms with Gasteiger partial charge >= 0.3 is 0 Å². The van der Waals surface area contributed by atoms with Crippen LogP contribution in [-0.4, -0.2) is 16.8 Å². The van der Waals surface area contributed by atoms with Gasteiger partial charge in [0, 0.05) is 5.92 Å². The molecule has 0 spiro atoms. The highest BCUT2D eigenvalue weighted by molar-refractivity contribution is 8.00. The lowest BCUT2D eigenvalue weighted by Crippen LogP contribution is -2.16. The van der Waals surface area contributed by atoms with E-state index in [1.807, 2.05) is 11.8 Å². The van der Waals surface area contributed by atoms with Crippen LogP contribution in [0.4, 0.5) is 0 Å². The van der Waals surface area contributed by atoms with Crippen LogP contribution in [0.15, 0.2) is 0 Å². The van der Waals surface area contributed by atoms with Crippen molar-refractivity contribution in [3.63, 3.8) is 0 Å². The quantitative estimate of drug-likeness (QED) is 0.670. The molecule has 0 aromatic heterocycles. The van der Waals surface area contributed by atoms with Crippen molar-refractivity contribution < 1.29 is 4.79 Å². The predicted octanol–water partition coefficient (Wildman–Crippen LogP) is 2.50. The molecule has 2 rings (SSSR count). The topological polar surface area (TPSA) is 17.1 Å². The number of hydrogen-bond donors (Lipinski definition) is 0. The van der Waals surface area contributed by atoms with Crippen molar-refractivity contribution in [2.45, 2.75) is 37.9 Å². The Bertz CT molecular complexity index is 184. The number of hydrogen-bond acceptors (Lipinski definition) is 2. The standard InChI is InChI=1S/C10H16OS/c1-2-7-6-8(7)10(11)9-4-3-5-12-9/h7-9H,2-6H2,1H3. The Hall–Kier alpha value is 0.0200. The summed E-state index contributed by atoms with van der Waals surface area (Å²) in [6, 6.07) is 0. The molecular weight excluding hydrogens is 168 g/mol. The zero-order valence-electron chi connectivity index (χ0n) is 7.58. The van der Waals surface area contributed by atoms with Crippen LogP contribution in [0.25, 0.3) is 0 Å². The summed E-state index contributed by atoms with van der Waals surface area (Å²) in [6.07, 6.45) is 4.79. The maximum Gasteiger partial charge on any atom is 0.149 e. The SMILES string of the molecule is CCC1CC1C(=O)C1CCCS1. The van der Waals surface area contributed by atoms with Crippen molar-refractivity contribution in [1.82, 2.24) is 0 Å². The van der Waals surface area contributed by atoms with Crippen molar-refractivity contribution in [2.24, 2.45) is 11.8 Å². The van der Waals surface area contributed by atoms with Crippen LogP contribution in [0.2, 0.25) is 0 Å². The van der Waals surface area contributed by atoms with Crippen molar-refractivity contribution in [1.29, 1.82) is 0 Å². The molecule has 2 heteroatoms. The van der Waals surface area contributed by atoms with Gasteiger partial charge in [0.1, 0.15) is 5.78 Å². The molecule has 2 fully saturated rings. The molecule has 0 radical (unpaired) electrons. The number of ketones is 1. The number of carbonyl (C=O) groups is 1. The van der Waals surface area contributed by atoms with Crippen LogP contribution in [-0.2, 0) is 4.79 Å². The van der Waals surface area contributed by atoms with Gasteiger partial charge in [0.15, 0.2) is 0 Å². The van der Waals surface area contributed by atoms with E-state index >= 15 is 0 Å². The highest BCUT2D eigenvalue weighted by Gasteiger charge is 2.44. The Balaban J connectivity index is 1.84. The van der Waals surface area contributed by atoms with E-state index in [9.17, 15) is 4.79 Å². The Morgan fingerprint density at radius 3 is 2.92 bits per heavy atom. The summed E-state index contributed by atoms with van der Waals surface area (Å²) in [5, 5.41) is 0.381. The summed E-state index contributed by atoms with van der Waals surface area (Å²) >= 11 is 1.88. The van der Waals surface area contributed by atoms with E-state index in [0.717, 1.165) is 12.3 Å². The number of rotatable bonds is 3. The van der Waals surface area contributed by atoms with E-state index in [1.54, 1.807) is 0 Å². The fraction of sp³-hybridized carbons (Fsp3) is 0.900. The average molecular weight is 184 g/mol. The van der Waals surface area contributed by atoms with Crippen LogP contribution in [0.3, 0.4) is 0 Å². The van der Waals surface area contributed by atoms with Crippen molar-refractivity contribution in [2.75, 3.05) is 5.75 Å². The Labute approximate surface area is 78.3 Å². The van der Waals surface area contributed by atoms with E-state index in [1.165, 1.54) is 25.0 Å². The van der Waals surface area contributed by atoms with Crippen LogP contribution >= 0.6 is 11.8 Å². The van der Waals surface area contributed by atoms with Gasteiger partial charge in [-0.1, -0.05) is 13.3 Å². The minimum atomic E-state index is 0.381. The minimum absolute atomic E-state index is 0.381. The molecule has 3 unspecified atom stereocenters. The largest absolute Gasteiger partial charge is 0.298 e. The summed E-state index contributed by atoms with van der Waals surface area (Å²) < 4.78 is 0. The van der Waals surface area contributed by atoms with Crippen molar-refractivity contribution in [3.05, 3.63) is 0 Å². The molecule has 1 nitrogen and oxygen atoms in total. The molecule has 1 saturated carbocycles. The first-order valence-electron chi connectivity index (χ1n) is 4.98. The van der Waals surface area contributed by atoms with Crippen LogP contribution in [0, 0.1) is 11.8 Å². The highest BCUT2D eigenvalue weighted by atomic mass is 32.2. The molecular formula is C10H16OS. The first-order valence-corrected chi connectivity index (χ1v) is 6.03. The average Bonchev–Trinajstić information content (AvgIpc) is 2.68. The molecule has 1 aliphatic carbocycles.